The van der Waals surface area contributed by atoms with Crippen LogP contribution in [0.1, 0.15) is 84.7 Å². The zero-order chi connectivity index (χ0) is 20.9. The second-order valence-corrected chi connectivity index (χ2v) is 6.82. The van der Waals surface area contributed by atoms with E-state index in [9.17, 15) is 0 Å². The van der Waals surface area contributed by atoms with Crippen LogP contribution in [0.3, 0.4) is 0 Å². The summed E-state index contributed by atoms with van der Waals surface area (Å²) in [4.78, 5) is 4.27. The molecule has 0 fully saturated rings. The topological polar surface area (TPSA) is 67.3 Å². The molecule has 2 aromatic heterocycles. The molecule has 0 spiro atoms. The van der Waals surface area contributed by atoms with Gasteiger partial charge in [0.2, 0.25) is 0 Å². The number of allylic oxidation sites excluding steroid dienone is 1. The van der Waals surface area contributed by atoms with E-state index in [1.54, 1.807) is 6.20 Å². The van der Waals surface area contributed by atoms with Crippen LogP contribution in [0, 0.1) is 12.8 Å². The highest BCUT2D eigenvalue weighted by Crippen LogP contribution is 2.25. The molecule has 5 nitrogen and oxygen atoms in total. The van der Waals surface area contributed by atoms with Crippen molar-refractivity contribution in [2.75, 3.05) is 0 Å². The number of aryl methyl sites for hydroxylation is 1. The lowest BCUT2D eigenvalue weighted by molar-refractivity contribution is 0.509. The molecular formula is C23H37N5. The van der Waals surface area contributed by atoms with Gasteiger partial charge in [-0.3, -0.25) is 5.10 Å². The van der Waals surface area contributed by atoms with Crippen LogP contribution in [0.4, 0.5) is 0 Å². The maximum absolute atomic E-state index is 4.32. The molecule has 0 aliphatic carbocycles. The minimum atomic E-state index is 0.513. The van der Waals surface area contributed by atoms with Crippen molar-refractivity contribution in [1.82, 2.24) is 25.4 Å². The number of H-pyrrole nitrogens is 1. The van der Waals surface area contributed by atoms with Crippen molar-refractivity contribution >= 4 is 11.1 Å². The Kier molecular flexibility index (Phi) is 11.0. The largest absolute Gasteiger partial charge is 0.277 e. The molecule has 0 unspecified atom stereocenters. The Labute approximate surface area is 170 Å². The summed E-state index contributed by atoms with van der Waals surface area (Å²) < 4.78 is 0. The Bertz CT molecular complexity index is 809. The van der Waals surface area contributed by atoms with Gasteiger partial charge in [-0.2, -0.15) is 5.10 Å². The molecule has 0 atom stereocenters. The van der Waals surface area contributed by atoms with E-state index in [1.165, 1.54) is 44.1 Å². The van der Waals surface area contributed by atoms with Gasteiger partial charge in [0.1, 0.15) is 11.5 Å². The summed E-state index contributed by atoms with van der Waals surface area (Å²) in [6, 6.07) is 0. The molecule has 0 saturated carbocycles. The normalized spacial score (nSPS) is 13.0. The summed E-state index contributed by atoms with van der Waals surface area (Å²) in [6.45, 7) is 16.5. The van der Waals surface area contributed by atoms with E-state index < -0.39 is 0 Å². The number of unbranched alkanes of at least 4 members (excludes halogenated alkanes) is 2. The predicted octanol–water partition coefficient (Wildman–Crippen LogP) is 4.48. The van der Waals surface area contributed by atoms with Crippen LogP contribution < -0.4 is 10.6 Å². The first-order chi connectivity index (χ1) is 13.6. The lowest BCUT2D eigenvalue weighted by atomic mass is 9.87. The first kappa shape index (κ1) is 23.7. The number of hydrogen-bond acceptors (Lipinski definition) is 4. The lowest BCUT2D eigenvalue weighted by Gasteiger charge is -2.17. The van der Waals surface area contributed by atoms with Crippen LogP contribution in [0.2, 0.25) is 0 Å². The third-order valence-electron chi connectivity index (χ3n) is 4.86. The van der Waals surface area contributed by atoms with Crippen LogP contribution >= 0.6 is 0 Å². The van der Waals surface area contributed by atoms with Gasteiger partial charge in [-0.15, -0.1) is 10.2 Å². The monoisotopic (exact) mass is 383 g/mol. The SMILES string of the molecule is C=C/C(=c1/cn[nH]/c1=C(/C)c1cnc(C)nn1)C(CCCC)CCCC.CC. The van der Waals surface area contributed by atoms with Crippen LogP contribution in [0.5, 0.6) is 0 Å². The number of nitrogens with one attached hydrogen (secondary N) is 1. The lowest BCUT2D eigenvalue weighted by Crippen LogP contribution is -2.29. The quantitative estimate of drug-likeness (QED) is 0.693. The number of aromatic nitrogens is 5. The fourth-order valence-corrected chi connectivity index (χ4v) is 3.28. The molecule has 2 heterocycles. The van der Waals surface area contributed by atoms with Crippen molar-refractivity contribution in [1.29, 1.82) is 0 Å². The van der Waals surface area contributed by atoms with E-state index in [4.69, 9.17) is 0 Å². The van der Waals surface area contributed by atoms with Crippen molar-refractivity contribution in [2.24, 2.45) is 5.92 Å². The van der Waals surface area contributed by atoms with Crippen molar-refractivity contribution < 1.29 is 0 Å². The number of aromatic amines is 1. The standard InChI is InChI=1S/C21H31N5.C2H6/c1-6-9-11-17(12-10-7-2)18(8-3)19-13-23-26-21(19)15(4)20-14-22-16(5)24-25-20;1-2/h8,13-14,17,26H,3,6-7,9-12H2,1-2,4-5H3;1-2H3/b19-18+,21-15-;. The van der Waals surface area contributed by atoms with Crippen LogP contribution in [0.25, 0.3) is 11.1 Å². The molecule has 28 heavy (non-hydrogen) atoms. The molecule has 0 amide bonds. The molecule has 0 aromatic carbocycles. The van der Waals surface area contributed by atoms with E-state index >= 15 is 0 Å². The van der Waals surface area contributed by atoms with Gasteiger partial charge in [0.25, 0.3) is 0 Å². The number of rotatable bonds is 9. The minimum absolute atomic E-state index is 0.513. The van der Waals surface area contributed by atoms with E-state index in [1.807, 2.05) is 40.0 Å². The van der Waals surface area contributed by atoms with Crippen LogP contribution in [-0.4, -0.2) is 25.4 Å². The molecule has 0 bridgehead atoms. The van der Waals surface area contributed by atoms with Gasteiger partial charge in [-0.05, 0) is 38.2 Å². The van der Waals surface area contributed by atoms with Crippen molar-refractivity contribution in [3.8, 4) is 0 Å². The molecular weight excluding hydrogens is 346 g/mol. The van der Waals surface area contributed by atoms with E-state index in [0.29, 0.717) is 11.7 Å². The highest BCUT2D eigenvalue weighted by atomic mass is 15.2. The molecule has 2 aromatic rings. The van der Waals surface area contributed by atoms with Gasteiger partial charge < -0.3 is 0 Å². The zero-order valence-electron chi connectivity index (χ0n) is 18.5. The molecule has 0 saturated heterocycles. The van der Waals surface area contributed by atoms with Crippen molar-refractivity contribution in [2.45, 2.75) is 80.1 Å². The Morgan fingerprint density at radius 3 is 2.25 bits per heavy atom. The fraction of sp³-hybridized carbons (Fsp3) is 0.565. The Morgan fingerprint density at radius 2 is 1.75 bits per heavy atom. The first-order valence-corrected chi connectivity index (χ1v) is 10.7. The highest BCUT2D eigenvalue weighted by Gasteiger charge is 2.14. The number of nitrogens with zero attached hydrogens (tertiary/aromatic N) is 4. The minimum Gasteiger partial charge on any atom is -0.277 e. The van der Waals surface area contributed by atoms with Crippen molar-refractivity contribution in [3.63, 3.8) is 0 Å². The average molecular weight is 384 g/mol. The number of hydrogen-bond donors (Lipinski definition) is 1. The summed E-state index contributed by atoms with van der Waals surface area (Å²) in [5.74, 6) is 1.18. The molecule has 2 rings (SSSR count). The average Bonchev–Trinajstić information content (AvgIpc) is 3.21. The smallest absolute Gasteiger partial charge is 0.147 e. The summed E-state index contributed by atoms with van der Waals surface area (Å²) in [5.41, 5.74) is 3.05. The Hall–Kier alpha value is -2.30. The molecule has 0 aliphatic heterocycles. The fourth-order valence-electron chi connectivity index (χ4n) is 3.28. The maximum atomic E-state index is 4.32. The Morgan fingerprint density at radius 1 is 1.11 bits per heavy atom. The van der Waals surface area contributed by atoms with Gasteiger partial charge in [-0.25, -0.2) is 4.98 Å². The molecule has 5 heteroatoms. The summed E-state index contributed by atoms with van der Waals surface area (Å²) >= 11 is 0. The third kappa shape index (κ3) is 6.39. The summed E-state index contributed by atoms with van der Waals surface area (Å²) in [7, 11) is 0. The highest BCUT2D eigenvalue weighted by molar-refractivity contribution is 5.63. The van der Waals surface area contributed by atoms with Crippen LogP contribution in [0.15, 0.2) is 25.0 Å². The van der Waals surface area contributed by atoms with E-state index in [-0.39, 0.29) is 0 Å². The molecule has 154 valence electrons. The predicted molar refractivity (Wildman–Crippen MR) is 118 cm³/mol. The second-order valence-electron chi connectivity index (χ2n) is 6.82. The Balaban J connectivity index is 0.00000190. The van der Waals surface area contributed by atoms with E-state index in [2.05, 4.69) is 45.8 Å². The molecule has 0 aliphatic rings. The van der Waals surface area contributed by atoms with Gasteiger partial charge in [0, 0.05) is 10.8 Å². The van der Waals surface area contributed by atoms with Gasteiger partial charge >= 0.3 is 0 Å². The first-order valence-electron chi connectivity index (χ1n) is 10.7. The molecule has 1 N–H and O–H groups in total. The van der Waals surface area contributed by atoms with E-state index in [0.717, 1.165) is 21.8 Å². The summed E-state index contributed by atoms with van der Waals surface area (Å²) in [5, 5.41) is 17.9. The molecule has 0 radical (unpaired) electrons. The van der Waals surface area contributed by atoms with Crippen molar-refractivity contribution in [3.05, 3.63) is 47.1 Å². The second kappa shape index (κ2) is 13.0. The zero-order valence-corrected chi connectivity index (χ0v) is 18.5. The van der Waals surface area contributed by atoms with Gasteiger partial charge in [0.05, 0.1) is 17.7 Å². The summed E-state index contributed by atoms with van der Waals surface area (Å²) in [6.07, 6.45) is 12.9. The third-order valence-corrected chi connectivity index (χ3v) is 4.86. The van der Waals surface area contributed by atoms with Gasteiger partial charge in [0.15, 0.2) is 0 Å². The maximum Gasteiger partial charge on any atom is 0.147 e. The van der Waals surface area contributed by atoms with Crippen LogP contribution in [-0.2, 0) is 0 Å². The van der Waals surface area contributed by atoms with Gasteiger partial charge in [-0.1, -0.05) is 66.0 Å².